The number of rotatable bonds is 6. The minimum Gasteiger partial charge on any atom is -0.394 e. The summed E-state index contributed by atoms with van der Waals surface area (Å²) in [4.78, 5) is 22.0. The Kier molecular flexibility index (Phi) is 7.49. The Morgan fingerprint density at radius 1 is 1.05 bits per heavy atom. The zero-order chi connectivity index (χ0) is 15.2. The summed E-state index contributed by atoms with van der Waals surface area (Å²) in [7, 11) is 0. The topological polar surface area (TPSA) is 151 Å². The monoisotopic (exact) mass is 280 g/mol. The molecular formula is C10H20N2O7. The van der Waals surface area contributed by atoms with Crippen LogP contribution in [0, 0.1) is 0 Å². The lowest BCUT2D eigenvalue weighted by Gasteiger charge is -2.29. The van der Waals surface area contributed by atoms with E-state index in [0.717, 1.165) is 18.9 Å². The Balaban J connectivity index is 4.58. The first-order valence-corrected chi connectivity index (χ1v) is 5.59. The van der Waals surface area contributed by atoms with Crippen molar-refractivity contribution in [2.45, 2.75) is 38.3 Å². The summed E-state index contributed by atoms with van der Waals surface area (Å²) < 4.78 is 0. The zero-order valence-corrected chi connectivity index (χ0v) is 10.7. The van der Waals surface area contributed by atoms with Crippen LogP contribution in [0.1, 0.15) is 13.8 Å². The molecule has 0 rings (SSSR count). The van der Waals surface area contributed by atoms with Crippen LogP contribution in [0.15, 0.2) is 0 Å². The van der Waals surface area contributed by atoms with Crippen molar-refractivity contribution in [1.82, 2.24) is 10.4 Å². The molecule has 9 nitrogen and oxygen atoms in total. The summed E-state index contributed by atoms with van der Waals surface area (Å²) in [5.74, 6) is -1.13. The van der Waals surface area contributed by atoms with Crippen molar-refractivity contribution in [3.05, 3.63) is 0 Å². The second kappa shape index (κ2) is 8.02. The molecule has 0 aromatic heterocycles. The molecule has 0 radical (unpaired) electrons. The van der Waals surface area contributed by atoms with E-state index in [1.54, 1.807) is 0 Å². The highest BCUT2D eigenvalue weighted by Gasteiger charge is 2.31. The minimum atomic E-state index is -1.79. The zero-order valence-electron chi connectivity index (χ0n) is 10.7. The summed E-state index contributed by atoms with van der Waals surface area (Å²) in [5, 5.41) is 47.0. The number of nitrogens with one attached hydrogen (secondary N) is 1. The first-order valence-electron chi connectivity index (χ1n) is 5.59. The number of carbonyl (C=O) groups is 2. The molecule has 6 N–H and O–H groups in total. The van der Waals surface area contributed by atoms with Gasteiger partial charge in [0, 0.05) is 13.8 Å². The van der Waals surface area contributed by atoms with Crippen molar-refractivity contribution in [3.8, 4) is 0 Å². The van der Waals surface area contributed by atoms with Crippen molar-refractivity contribution in [1.29, 1.82) is 0 Å². The number of hydrogen-bond acceptors (Lipinski definition) is 7. The first-order chi connectivity index (χ1) is 8.70. The van der Waals surface area contributed by atoms with E-state index < -0.39 is 49.4 Å². The Hall–Kier alpha value is -1.26. The van der Waals surface area contributed by atoms with Gasteiger partial charge >= 0.3 is 0 Å². The molecule has 0 spiro atoms. The lowest BCUT2D eigenvalue weighted by Crippen LogP contribution is -2.54. The fraction of sp³-hybridized carbons (Fsp3) is 0.800. The summed E-state index contributed by atoms with van der Waals surface area (Å²) in [6.45, 7) is 1.01. The highest BCUT2D eigenvalue weighted by atomic mass is 16.4. The first kappa shape index (κ1) is 17.7. The molecule has 0 aromatic carbocycles. The number of nitrogens with zero attached hydrogens (tertiary/aromatic N) is 1. The van der Waals surface area contributed by atoms with E-state index in [-0.39, 0.29) is 0 Å². The third-order valence-corrected chi connectivity index (χ3v) is 2.37. The van der Waals surface area contributed by atoms with Gasteiger partial charge in [-0.1, -0.05) is 0 Å². The maximum Gasteiger partial charge on any atom is 0.237 e. The molecular weight excluding hydrogens is 260 g/mol. The van der Waals surface area contributed by atoms with Gasteiger partial charge in [-0.15, -0.1) is 0 Å². The average Bonchev–Trinajstić information content (AvgIpc) is 2.34. The molecule has 0 aliphatic carbocycles. The largest absolute Gasteiger partial charge is 0.394 e. The van der Waals surface area contributed by atoms with E-state index in [1.165, 1.54) is 0 Å². The van der Waals surface area contributed by atoms with Gasteiger partial charge in [0.2, 0.25) is 11.8 Å². The second-order valence-corrected chi connectivity index (χ2v) is 4.10. The van der Waals surface area contributed by atoms with Gasteiger partial charge in [0.15, 0.2) is 0 Å². The smallest absolute Gasteiger partial charge is 0.237 e. The number of carbonyl (C=O) groups excluding carboxylic acids is 2. The van der Waals surface area contributed by atoms with Gasteiger partial charge in [0.1, 0.15) is 24.4 Å². The fourth-order valence-electron chi connectivity index (χ4n) is 1.30. The molecule has 0 fully saturated rings. The molecule has 0 aliphatic heterocycles. The number of aliphatic hydroxyl groups is 5. The minimum absolute atomic E-state index is 0.481. The van der Waals surface area contributed by atoms with Gasteiger partial charge in [0.25, 0.3) is 0 Å². The average molecular weight is 280 g/mol. The van der Waals surface area contributed by atoms with E-state index in [0.29, 0.717) is 0 Å². The van der Waals surface area contributed by atoms with E-state index >= 15 is 0 Å². The fourth-order valence-corrected chi connectivity index (χ4v) is 1.30. The van der Waals surface area contributed by atoms with Crippen molar-refractivity contribution < 1.29 is 35.1 Å². The van der Waals surface area contributed by atoms with Gasteiger partial charge in [-0.3, -0.25) is 20.0 Å². The summed E-state index contributed by atoms with van der Waals surface area (Å²) >= 11 is 0. The number of amides is 2. The summed E-state index contributed by atoms with van der Waals surface area (Å²) in [6.07, 6.45) is -6.83. The molecule has 0 bridgehead atoms. The Morgan fingerprint density at radius 3 is 1.89 bits per heavy atom. The van der Waals surface area contributed by atoms with Crippen LogP contribution in [-0.4, -0.2) is 79.9 Å². The van der Waals surface area contributed by atoms with Crippen LogP contribution in [0.5, 0.6) is 0 Å². The molecule has 112 valence electrons. The molecule has 0 unspecified atom stereocenters. The molecule has 2 amide bonds. The Bertz CT molecular complexity index is 312. The summed E-state index contributed by atoms with van der Waals surface area (Å²) in [6, 6.07) is 0. The van der Waals surface area contributed by atoms with Crippen molar-refractivity contribution in [2.24, 2.45) is 0 Å². The number of hydrazine groups is 1. The molecule has 0 saturated heterocycles. The quantitative estimate of drug-likeness (QED) is 0.274. The molecule has 4 atom stereocenters. The second-order valence-electron chi connectivity index (χ2n) is 4.10. The molecule has 0 saturated carbocycles. The molecule has 0 heterocycles. The summed E-state index contributed by atoms with van der Waals surface area (Å²) in [5.41, 5.74) is 2.13. The number of hydrogen-bond donors (Lipinski definition) is 6. The van der Waals surface area contributed by atoms with Crippen LogP contribution in [-0.2, 0) is 9.59 Å². The van der Waals surface area contributed by atoms with E-state index in [2.05, 4.69) is 5.43 Å². The van der Waals surface area contributed by atoms with Gasteiger partial charge in [-0.2, -0.15) is 0 Å². The highest BCUT2D eigenvalue weighted by molar-refractivity contribution is 5.79. The maximum absolute atomic E-state index is 11.2. The van der Waals surface area contributed by atoms with Crippen LogP contribution in [0.2, 0.25) is 0 Å². The van der Waals surface area contributed by atoms with Crippen LogP contribution >= 0.6 is 0 Å². The number of aliphatic hydroxyl groups excluding tert-OH is 5. The van der Waals surface area contributed by atoms with E-state index in [4.69, 9.17) is 10.2 Å². The standard InChI is InChI=1S/C10H20N2O7/c1-5(14)11-12(6(2)15)3-7(16)9(18)10(19)8(17)4-13/h7-10,13,16-19H,3-4H2,1-2H3,(H,11,14)/t7-,8-,9+,10-/m1/s1. The molecule has 9 heteroatoms. The maximum atomic E-state index is 11.2. The van der Waals surface area contributed by atoms with Gasteiger partial charge in [0.05, 0.1) is 13.2 Å². The third-order valence-electron chi connectivity index (χ3n) is 2.37. The lowest BCUT2D eigenvalue weighted by atomic mass is 10.0. The SMILES string of the molecule is CC(=O)NN(C[C@@H](O)[C@H](O)[C@H](O)[C@H](O)CO)C(C)=O. The molecule has 0 aliphatic rings. The molecule has 0 aromatic rings. The van der Waals surface area contributed by atoms with Crippen LogP contribution in [0.25, 0.3) is 0 Å². The van der Waals surface area contributed by atoms with Gasteiger partial charge in [-0.25, -0.2) is 0 Å². The Labute approximate surface area is 110 Å². The van der Waals surface area contributed by atoms with E-state index in [1.807, 2.05) is 0 Å². The third kappa shape index (κ3) is 5.94. The van der Waals surface area contributed by atoms with Crippen molar-refractivity contribution in [3.63, 3.8) is 0 Å². The van der Waals surface area contributed by atoms with Gasteiger partial charge in [-0.05, 0) is 0 Å². The van der Waals surface area contributed by atoms with E-state index in [9.17, 15) is 24.9 Å². The van der Waals surface area contributed by atoms with Crippen LogP contribution in [0.3, 0.4) is 0 Å². The normalized spacial score (nSPS) is 17.2. The lowest BCUT2D eigenvalue weighted by molar-refractivity contribution is -0.147. The van der Waals surface area contributed by atoms with Gasteiger partial charge < -0.3 is 25.5 Å². The predicted octanol–water partition coefficient (Wildman–Crippen LogP) is -3.68. The van der Waals surface area contributed by atoms with Crippen molar-refractivity contribution in [2.75, 3.05) is 13.2 Å². The van der Waals surface area contributed by atoms with Crippen LogP contribution in [0.4, 0.5) is 0 Å². The Morgan fingerprint density at radius 2 is 1.53 bits per heavy atom. The predicted molar refractivity (Wildman–Crippen MR) is 62.3 cm³/mol. The highest BCUT2D eigenvalue weighted by Crippen LogP contribution is 2.06. The van der Waals surface area contributed by atoms with Crippen LogP contribution < -0.4 is 5.43 Å². The van der Waals surface area contributed by atoms with Crippen molar-refractivity contribution >= 4 is 11.8 Å². The molecule has 19 heavy (non-hydrogen) atoms.